The molecule has 0 spiro atoms. The van der Waals surface area contributed by atoms with Gasteiger partial charge in [0.2, 0.25) is 0 Å². The van der Waals surface area contributed by atoms with Gasteiger partial charge < -0.3 is 4.55 Å². The van der Waals surface area contributed by atoms with Gasteiger partial charge in [-0.1, -0.05) is 92.7 Å². The molecule has 0 amide bonds. The van der Waals surface area contributed by atoms with Gasteiger partial charge in [0.1, 0.15) is 10.1 Å². The highest BCUT2D eigenvalue weighted by Crippen LogP contribution is 2.31. The van der Waals surface area contributed by atoms with Crippen LogP contribution < -0.4 is 21.2 Å². The van der Waals surface area contributed by atoms with Crippen molar-refractivity contribution in [3.05, 3.63) is 134 Å². The van der Waals surface area contributed by atoms with Gasteiger partial charge in [-0.2, -0.15) is 0 Å². The second-order valence-corrected chi connectivity index (χ2v) is 12.1. The van der Waals surface area contributed by atoms with Crippen LogP contribution in [0.2, 0.25) is 0 Å². The van der Waals surface area contributed by atoms with Crippen molar-refractivity contribution < 1.29 is 34.2 Å². The molecule has 0 heterocycles. The van der Waals surface area contributed by atoms with Crippen molar-refractivity contribution in [1.29, 1.82) is 0 Å². The van der Waals surface area contributed by atoms with Crippen LogP contribution in [0.4, 0.5) is 0 Å². The maximum atomic E-state index is 10.9. The fourth-order valence-electron chi connectivity index (χ4n) is 3.14. The predicted molar refractivity (Wildman–Crippen MR) is 123 cm³/mol. The minimum Gasteiger partial charge on any atom is -0.744 e. The zero-order valence-electron chi connectivity index (χ0n) is 18.0. The molecule has 164 valence electrons. The summed E-state index contributed by atoms with van der Waals surface area (Å²) in [7, 11) is -4.38. The number of hydrogen-bond acceptors (Lipinski definition) is 3. The Morgan fingerprint density at radius 1 is 0.594 bits per heavy atom. The largest absolute Gasteiger partial charge is 0.744 e. The average Bonchev–Trinajstić information content (AvgIpc) is 2.81. The summed E-state index contributed by atoms with van der Waals surface area (Å²) >= 11 is 0.0287. The molecule has 0 saturated heterocycles. The van der Waals surface area contributed by atoms with Crippen molar-refractivity contribution in [1.82, 2.24) is 0 Å². The first-order valence-corrected chi connectivity index (χ1v) is 13.7. The van der Waals surface area contributed by atoms with Gasteiger partial charge in [0, 0.05) is 5.41 Å². The molecule has 3 nitrogen and oxygen atoms in total. The van der Waals surface area contributed by atoms with E-state index in [4.69, 9.17) is 0 Å². The van der Waals surface area contributed by atoms with Crippen LogP contribution in [0.15, 0.2) is 120 Å². The third kappa shape index (κ3) is 6.76. The maximum absolute atomic E-state index is 10.9. The van der Waals surface area contributed by atoms with Crippen LogP contribution in [0, 0.1) is 7.14 Å². The summed E-state index contributed by atoms with van der Waals surface area (Å²) in [5, 5.41) is 0. The summed E-state index contributed by atoms with van der Waals surface area (Å²) in [6.07, 6.45) is 0. The number of benzene rings is 4. The van der Waals surface area contributed by atoms with Crippen LogP contribution in [0.25, 0.3) is 0 Å². The number of rotatable bonds is 5. The van der Waals surface area contributed by atoms with Crippen molar-refractivity contribution >= 4 is 10.1 Å². The third-order valence-electron chi connectivity index (χ3n) is 5.04. The molecule has 4 aromatic rings. The molecule has 0 aliphatic carbocycles. The zero-order chi connectivity index (χ0) is 23.0. The molecule has 0 saturated carbocycles. The molecule has 0 N–H and O–H groups in total. The van der Waals surface area contributed by atoms with E-state index in [9.17, 15) is 13.0 Å². The molecule has 32 heavy (non-hydrogen) atoms. The highest BCUT2D eigenvalue weighted by molar-refractivity contribution is 7.85. The van der Waals surface area contributed by atoms with Gasteiger partial charge in [-0.25, -0.2) is 8.42 Å². The summed E-state index contributed by atoms with van der Waals surface area (Å²) < 4.78 is 35.7. The quantitative estimate of drug-likeness (QED) is 0.281. The van der Waals surface area contributed by atoms with Gasteiger partial charge in [-0.05, 0) is 47.5 Å². The highest BCUT2D eigenvalue weighted by atomic mass is 127. The van der Waals surface area contributed by atoms with E-state index in [2.05, 4.69) is 74.5 Å². The van der Waals surface area contributed by atoms with E-state index in [1.54, 1.807) is 12.1 Å². The van der Waals surface area contributed by atoms with E-state index in [0.29, 0.717) is 0 Å². The standard InChI is InChI=1S/C15H16O3S.C12H10I/c1-15(2,12-6-4-3-5-7-12)13-8-10-14(11-9-13)19(16,17)18;1-3-7-11(8-4-1)13-12-9-5-2-6-10-12/h3-11H,1-2H3,(H,16,17,18);1-10H/q;+1/p-1. The van der Waals surface area contributed by atoms with Gasteiger partial charge in [-0.3, -0.25) is 0 Å². The SMILES string of the molecule is CC(C)(c1ccccc1)c1ccc(S(=O)(=O)[O-])cc1.c1ccc([I+]c2ccccc2)cc1. The van der Waals surface area contributed by atoms with Crippen LogP contribution in [-0.2, 0) is 15.5 Å². The van der Waals surface area contributed by atoms with E-state index >= 15 is 0 Å². The first-order chi connectivity index (χ1) is 15.3. The minimum atomic E-state index is -4.38. The zero-order valence-corrected chi connectivity index (χ0v) is 21.0. The number of hydrogen-bond donors (Lipinski definition) is 0. The Hall–Kier alpha value is -2.48. The Morgan fingerprint density at radius 3 is 1.38 bits per heavy atom. The van der Waals surface area contributed by atoms with Crippen LogP contribution in [0.1, 0.15) is 25.0 Å². The maximum Gasteiger partial charge on any atom is 0.357 e. The molecule has 0 fully saturated rings. The highest BCUT2D eigenvalue weighted by Gasteiger charge is 2.22. The Morgan fingerprint density at radius 2 is 0.969 bits per heavy atom. The van der Waals surface area contributed by atoms with Crippen LogP contribution >= 0.6 is 0 Å². The second-order valence-electron chi connectivity index (χ2n) is 7.66. The molecule has 4 aromatic carbocycles. The van der Waals surface area contributed by atoms with Gasteiger partial charge in [0.15, 0.2) is 7.14 Å². The topological polar surface area (TPSA) is 57.2 Å². The summed E-state index contributed by atoms with van der Waals surface area (Å²) in [5.41, 5.74) is 1.85. The minimum absolute atomic E-state index is 0.0287. The average molecular weight is 556 g/mol. The lowest BCUT2D eigenvalue weighted by Gasteiger charge is -2.26. The Bertz CT molecular complexity index is 1170. The molecule has 4 rings (SSSR count). The summed E-state index contributed by atoms with van der Waals surface area (Å²) in [6, 6.07) is 37.5. The first-order valence-electron chi connectivity index (χ1n) is 10.1. The summed E-state index contributed by atoms with van der Waals surface area (Å²) in [5.74, 6) is 0. The normalized spacial score (nSPS) is 11.3. The first kappa shape index (κ1) is 24.2. The smallest absolute Gasteiger partial charge is 0.357 e. The van der Waals surface area contributed by atoms with Gasteiger partial charge in [0.25, 0.3) is 0 Å². The van der Waals surface area contributed by atoms with Crippen molar-refractivity contribution in [3.63, 3.8) is 0 Å². The fourth-order valence-corrected chi connectivity index (χ4v) is 5.88. The van der Waals surface area contributed by atoms with E-state index in [0.717, 1.165) is 11.1 Å². The summed E-state index contributed by atoms with van der Waals surface area (Å²) in [6.45, 7) is 4.12. The molecular formula is C27H25IO3S. The Kier molecular flexibility index (Phi) is 8.23. The van der Waals surface area contributed by atoms with Gasteiger partial charge in [-0.15, -0.1) is 0 Å². The molecule has 5 heteroatoms. The Balaban J connectivity index is 0.000000193. The molecule has 0 bridgehead atoms. The van der Waals surface area contributed by atoms with Gasteiger partial charge >= 0.3 is 21.2 Å². The molecule has 0 aliphatic rings. The van der Waals surface area contributed by atoms with Crippen molar-refractivity contribution in [2.45, 2.75) is 24.2 Å². The molecule has 0 aromatic heterocycles. The van der Waals surface area contributed by atoms with E-state index in [1.807, 2.05) is 30.3 Å². The lowest BCUT2D eigenvalue weighted by molar-refractivity contribution is -0.597. The van der Waals surface area contributed by atoms with Crippen LogP contribution in [-0.4, -0.2) is 13.0 Å². The molecule has 0 atom stereocenters. The lowest BCUT2D eigenvalue weighted by Crippen LogP contribution is -3.61. The summed E-state index contributed by atoms with van der Waals surface area (Å²) in [4.78, 5) is -0.194. The molecule has 0 unspecified atom stereocenters. The fraction of sp³-hybridized carbons (Fsp3) is 0.111. The van der Waals surface area contributed by atoms with Crippen molar-refractivity contribution in [2.75, 3.05) is 0 Å². The van der Waals surface area contributed by atoms with Crippen molar-refractivity contribution in [3.8, 4) is 0 Å². The van der Waals surface area contributed by atoms with Crippen molar-refractivity contribution in [2.24, 2.45) is 0 Å². The monoisotopic (exact) mass is 556 g/mol. The lowest BCUT2D eigenvalue weighted by atomic mass is 9.78. The number of halogens is 1. The van der Waals surface area contributed by atoms with E-state index < -0.39 is 10.1 Å². The second kappa shape index (κ2) is 10.9. The molecule has 0 radical (unpaired) electrons. The Labute approximate surface area is 201 Å². The van der Waals surface area contributed by atoms with E-state index in [-0.39, 0.29) is 31.5 Å². The van der Waals surface area contributed by atoms with Gasteiger partial charge in [0.05, 0.1) is 4.90 Å². The molecule has 0 aliphatic heterocycles. The molecular weight excluding hydrogens is 531 g/mol. The van der Waals surface area contributed by atoms with Crippen LogP contribution in [0.3, 0.4) is 0 Å². The third-order valence-corrected chi connectivity index (χ3v) is 8.58. The van der Waals surface area contributed by atoms with E-state index in [1.165, 1.54) is 19.3 Å². The van der Waals surface area contributed by atoms with Crippen LogP contribution in [0.5, 0.6) is 0 Å². The predicted octanol–water partition coefficient (Wildman–Crippen LogP) is 2.73.